The van der Waals surface area contributed by atoms with Crippen molar-refractivity contribution in [3.8, 4) is 0 Å². The number of esters is 1. The Labute approximate surface area is 271 Å². The van der Waals surface area contributed by atoms with Crippen LogP contribution >= 0.6 is 0 Å². The second-order valence-electron chi connectivity index (χ2n) is 11.8. The molecule has 1 aliphatic rings. The zero-order chi connectivity index (χ0) is 33.4. The Morgan fingerprint density at radius 3 is 1.43 bits per heavy atom. The van der Waals surface area contributed by atoms with E-state index in [4.69, 9.17) is 18.9 Å². The molecule has 0 atom stereocenters. The van der Waals surface area contributed by atoms with Crippen molar-refractivity contribution < 1.29 is 38.1 Å². The monoisotopic (exact) mass is 638 g/mol. The van der Waals surface area contributed by atoms with Crippen LogP contribution < -0.4 is 0 Å². The van der Waals surface area contributed by atoms with Crippen molar-refractivity contribution in [2.24, 2.45) is 0 Å². The molecule has 0 radical (unpaired) electrons. The van der Waals surface area contributed by atoms with Crippen LogP contribution in [-0.4, -0.2) is 115 Å². The van der Waals surface area contributed by atoms with Crippen molar-refractivity contribution in [1.29, 1.82) is 0 Å². The fourth-order valence-corrected chi connectivity index (χ4v) is 4.56. The largest absolute Gasteiger partial charge is 0.459 e. The molecule has 2 aromatic carbocycles. The summed E-state index contributed by atoms with van der Waals surface area (Å²) >= 11 is 0. The summed E-state index contributed by atoms with van der Waals surface area (Å²) < 4.78 is 22.1. The molecular weight excluding hydrogens is 592 g/mol. The van der Waals surface area contributed by atoms with Gasteiger partial charge < -0.3 is 33.6 Å². The second kappa shape index (κ2) is 18.4. The molecular formula is C34H46N4O8. The zero-order valence-electron chi connectivity index (χ0n) is 27.1. The highest BCUT2D eigenvalue weighted by molar-refractivity contribution is 5.72. The predicted molar refractivity (Wildman–Crippen MR) is 172 cm³/mol. The minimum atomic E-state index is -0.673. The van der Waals surface area contributed by atoms with Gasteiger partial charge in [0.15, 0.2) is 0 Å². The first-order valence-electron chi connectivity index (χ1n) is 15.4. The van der Waals surface area contributed by atoms with Crippen molar-refractivity contribution in [3.05, 3.63) is 84.4 Å². The lowest BCUT2D eigenvalue weighted by atomic mass is 10.2. The number of benzene rings is 2. The minimum Gasteiger partial charge on any atom is -0.459 e. The first kappa shape index (κ1) is 35.9. The van der Waals surface area contributed by atoms with Crippen molar-refractivity contribution in [3.63, 3.8) is 0 Å². The molecule has 0 spiro atoms. The molecule has 250 valence electrons. The maximum atomic E-state index is 13.3. The number of nitrogens with zero attached hydrogens (tertiary/aromatic N) is 4. The normalized spacial score (nSPS) is 15.2. The molecule has 2 aromatic rings. The number of hydrogen-bond acceptors (Lipinski definition) is 9. The van der Waals surface area contributed by atoms with Gasteiger partial charge in [-0.3, -0.25) is 9.69 Å². The third kappa shape index (κ3) is 13.2. The molecule has 0 unspecified atom stereocenters. The highest BCUT2D eigenvalue weighted by Gasteiger charge is 2.26. The Kier molecular flexibility index (Phi) is 14.4. The summed E-state index contributed by atoms with van der Waals surface area (Å²) in [5.41, 5.74) is 1.00. The molecule has 12 heteroatoms. The van der Waals surface area contributed by atoms with Gasteiger partial charge in [0.25, 0.3) is 0 Å². The zero-order valence-corrected chi connectivity index (χ0v) is 27.1. The molecule has 1 heterocycles. The van der Waals surface area contributed by atoms with Crippen LogP contribution in [-0.2, 0) is 37.0 Å². The first-order chi connectivity index (χ1) is 22.0. The molecule has 1 saturated heterocycles. The van der Waals surface area contributed by atoms with E-state index in [2.05, 4.69) is 6.58 Å². The number of amides is 3. The van der Waals surface area contributed by atoms with Gasteiger partial charge in [-0.05, 0) is 31.9 Å². The third-order valence-corrected chi connectivity index (χ3v) is 6.93. The van der Waals surface area contributed by atoms with Crippen molar-refractivity contribution in [1.82, 2.24) is 19.6 Å². The quantitative estimate of drug-likeness (QED) is 0.233. The Morgan fingerprint density at radius 1 is 0.652 bits per heavy atom. The van der Waals surface area contributed by atoms with E-state index in [9.17, 15) is 19.2 Å². The molecule has 0 aliphatic carbocycles. The SMILES string of the molecule is C=CCOC(=O)N1CCN(C(=O)OCc2ccccc2)CCN(CC(=O)OC(C)(C)C)CCN(C(=O)OCc2ccccc2)CC1. The fraction of sp³-hybridized carbons (Fsp3) is 0.471. The lowest BCUT2D eigenvalue weighted by Crippen LogP contribution is -2.50. The predicted octanol–water partition coefficient (Wildman–Crippen LogP) is 4.55. The summed E-state index contributed by atoms with van der Waals surface area (Å²) in [5, 5.41) is 0. The Bertz CT molecular complexity index is 1200. The van der Waals surface area contributed by atoms with Crippen LogP contribution in [0.1, 0.15) is 31.9 Å². The fourth-order valence-electron chi connectivity index (χ4n) is 4.56. The van der Waals surface area contributed by atoms with E-state index in [0.29, 0.717) is 0 Å². The van der Waals surface area contributed by atoms with E-state index in [1.165, 1.54) is 20.8 Å². The highest BCUT2D eigenvalue weighted by Crippen LogP contribution is 2.11. The number of carbonyl (C=O) groups is 4. The van der Waals surface area contributed by atoms with E-state index >= 15 is 0 Å². The molecule has 0 aromatic heterocycles. The molecule has 1 fully saturated rings. The topological polar surface area (TPSA) is 118 Å². The van der Waals surface area contributed by atoms with Gasteiger partial charge in [-0.15, -0.1) is 0 Å². The van der Waals surface area contributed by atoms with Crippen LogP contribution in [0, 0.1) is 0 Å². The van der Waals surface area contributed by atoms with Crippen LogP contribution in [0.3, 0.4) is 0 Å². The number of rotatable bonds is 8. The van der Waals surface area contributed by atoms with Gasteiger partial charge in [-0.25, -0.2) is 14.4 Å². The van der Waals surface area contributed by atoms with Crippen molar-refractivity contribution >= 4 is 24.2 Å². The standard InChI is InChI=1S/C34H46N4O8/c1-5-24-43-31(40)38-22-20-36(32(41)44-26-28-12-8-6-9-13-28)18-16-35(25-30(39)46-34(2,3)4)17-19-37(21-23-38)33(42)45-27-29-14-10-7-11-15-29/h5-15H,1,16-27H2,2-4H3. The number of hydrogen-bond donors (Lipinski definition) is 0. The van der Waals surface area contributed by atoms with Gasteiger partial charge >= 0.3 is 24.2 Å². The molecule has 3 rings (SSSR count). The maximum absolute atomic E-state index is 13.3. The van der Waals surface area contributed by atoms with E-state index in [1.54, 1.807) is 20.8 Å². The van der Waals surface area contributed by atoms with E-state index in [1.807, 2.05) is 65.6 Å². The van der Waals surface area contributed by atoms with Crippen LogP contribution in [0.5, 0.6) is 0 Å². The summed E-state index contributed by atoms with van der Waals surface area (Å²) in [6.07, 6.45) is -0.236. The number of carbonyl (C=O) groups excluding carboxylic acids is 4. The molecule has 12 nitrogen and oxygen atoms in total. The second-order valence-corrected chi connectivity index (χ2v) is 11.8. The van der Waals surface area contributed by atoms with Crippen molar-refractivity contribution in [2.75, 3.05) is 65.5 Å². The summed E-state index contributed by atoms with van der Waals surface area (Å²) in [6, 6.07) is 18.7. The van der Waals surface area contributed by atoms with Crippen LogP contribution in [0.4, 0.5) is 14.4 Å². The molecule has 0 N–H and O–H groups in total. The Balaban J connectivity index is 1.79. The van der Waals surface area contributed by atoms with Gasteiger partial charge in [0.05, 0.1) is 6.54 Å². The molecule has 46 heavy (non-hydrogen) atoms. The van der Waals surface area contributed by atoms with Gasteiger partial charge in [0.1, 0.15) is 25.4 Å². The smallest absolute Gasteiger partial charge is 0.410 e. The van der Waals surface area contributed by atoms with E-state index in [0.717, 1.165) is 11.1 Å². The van der Waals surface area contributed by atoms with Crippen molar-refractivity contribution in [2.45, 2.75) is 39.6 Å². The average molecular weight is 639 g/mol. The highest BCUT2D eigenvalue weighted by atomic mass is 16.6. The molecule has 0 bridgehead atoms. The molecule has 1 aliphatic heterocycles. The Morgan fingerprint density at radius 2 is 1.04 bits per heavy atom. The molecule has 3 amide bonds. The average Bonchev–Trinajstić information content (AvgIpc) is 3.02. The van der Waals surface area contributed by atoms with Gasteiger partial charge in [0.2, 0.25) is 0 Å². The lowest BCUT2D eigenvalue weighted by Gasteiger charge is -2.33. The Hall–Kier alpha value is -4.58. The maximum Gasteiger partial charge on any atom is 0.410 e. The summed E-state index contributed by atoms with van der Waals surface area (Å²) in [4.78, 5) is 58.6. The third-order valence-electron chi connectivity index (χ3n) is 6.93. The van der Waals surface area contributed by atoms with Crippen LogP contribution in [0.15, 0.2) is 73.3 Å². The van der Waals surface area contributed by atoms with Gasteiger partial charge in [-0.2, -0.15) is 0 Å². The van der Waals surface area contributed by atoms with E-state index < -0.39 is 29.9 Å². The van der Waals surface area contributed by atoms with E-state index in [-0.39, 0.29) is 78.7 Å². The summed E-state index contributed by atoms with van der Waals surface area (Å²) in [7, 11) is 0. The minimum absolute atomic E-state index is 0.0145. The molecule has 0 saturated carbocycles. The van der Waals surface area contributed by atoms with Crippen LogP contribution in [0.25, 0.3) is 0 Å². The number of ether oxygens (including phenoxy) is 4. The van der Waals surface area contributed by atoms with Gasteiger partial charge in [-0.1, -0.05) is 73.3 Å². The van der Waals surface area contributed by atoms with Crippen LogP contribution in [0.2, 0.25) is 0 Å². The summed E-state index contributed by atoms with van der Waals surface area (Å²) in [5.74, 6) is -0.424. The van der Waals surface area contributed by atoms with Gasteiger partial charge in [0, 0.05) is 52.4 Å². The first-order valence-corrected chi connectivity index (χ1v) is 15.4. The lowest BCUT2D eigenvalue weighted by molar-refractivity contribution is -0.156. The summed E-state index contributed by atoms with van der Waals surface area (Å²) in [6.45, 7) is 10.6.